The highest BCUT2D eigenvalue weighted by Crippen LogP contribution is 2.10. The van der Waals surface area contributed by atoms with E-state index < -0.39 is 5.54 Å². The standard InChI is InChI=1S/C10H20N2O/c1-4-7-8-12-9(13)10(11,5-2)6-3/h4H,1,5-8,11H2,2-3H3,(H,12,13). The highest BCUT2D eigenvalue weighted by atomic mass is 16.2. The lowest BCUT2D eigenvalue weighted by Gasteiger charge is -2.24. The van der Waals surface area contributed by atoms with Crippen LogP contribution in [-0.2, 0) is 4.79 Å². The number of carbonyl (C=O) groups is 1. The highest BCUT2D eigenvalue weighted by Gasteiger charge is 2.28. The quantitative estimate of drug-likeness (QED) is 0.481. The summed E-state index contributed by atoms with van der Waals surface area (Å²) in [7, 11) is 0. The molecule has 76 valence electrons. The second-order valence-electron chi connectivity index (χ2n) is 3.20. The minimum absolute atomic E-state index is 0.0562. The summed E-state index contributed by atoms with van der Waals surface area (Å²) in [5.74, 6) is -0.0562. The van der Waals surface area contributed by atoms with E-state index in [1.165, 1.54) is 0 Å². The topological polar surface area (TPSA) is 55.1 Å². The van der Waals surface area contributed by atoms with Crippen LogP contribution in [0.4, 0.5) is 0 Å². The number of nitrogens with one attached hydrogen (secondary N) is 1. The fourth-order valence-electron chi connectivity index (χ4n) is 1.03. The summed E-state index contributed by atoms with van der Waals surface area (Å²) < 4.78 is 0. The maximum Gasteiger partial charge on any atom is 0.240 e. The van der Waals surface area contributed by atoms with Crippen LogP contribution >= 0.6 is 0 Å². The molecule has 0 spiro atoms. The van der Waals surface area contributed by atoms with Crippen molar-refractivity contribution in [2.45, 2.75) is 38.6 Å². The van der Waals surface area contributed by atoms with Gasteiger partial charge in [0.05, 0.1) is 5.54 Å². The van der Waals surface area contributed by atoms with Crippen LogP contribution in [-0.4, -0.2) is 18.0 Å². The third kappa shape index (κ3) is 3.59. The van der Waals surface area contributed by atoms with Gasteiger partial charge >= 0.3 is 0 Å². The Hall–Kier alpha value is -0.830. The van der Waals surface area contributed by atoms with Crippen molar-refractivity contribution < 1.29 is 4.79 Å². The number of rotatable bonds is 6. The molecule has 0 aromatic rings. The summed E-state index contributed by atoms with van der Waals surface area (Å²) in [6.07, 6.45) is 3.90. The Labute approximate surface area is 80.4 Å². The fourth-order valence-corrected chi connectivity index (χ4v) is 1.03. The minimum atomic E-state index is -0.693. The van der Waals surface area contributed by atoms with E-state index in [0.717, 1.165) is 6.42 Å². The Morgan fingerprint density at radius 1 is 1.54 bits per heavy atom. The molecule has 0 saturated heterocycles. The van der Waals surface area contributed by atoms with Crippen molar-refractivity contribution in [1.29, 1.82) is 0 Å². The van der Waals surface area contributed by atoms with Crippen LogP contribution in [0.5, 0.6) is 0 Å². The molecule has 0 aromatic carbocycles. The number of nitrogens with two attached hydrogens (primary N) is 1. The molecule has 0 aromatic heterocycles. The van der Waals surface area contributed by atoms with E-state index in [4.69, 9.17) is 5.73 Å². The van der Waals surface area contributed by atoms with Gasteiger partial charge in [0.15, 0.2) is 0 Å². The van der Waals surface area contributed by atoms with Crippen LogP contribution in [0.15, 0.2) is 12.7 Å². The molecule has 3 heteroatoms. The molecular formula is C10H20N2O. The molecule has 0 heterocycles. The first kappa shape index (κ1) is 12.2. The van der Waals surface area contributed by atoms with Crippen molar-refractivity contribution in [2.75, 3.05) is 6.54 Å². The molecule has 0 aliphatic carbocycles. The van der Waals surface area contributed by atoms with Gasteiger partial charge in [0.25, 0.3) is 0 Å². The average Bonchev–Trinajstić information content (AvgIpc) is 2.17. The van der Waals surface area contributed by atoms with Crippen molar-refractivity contribution in [3.8, 4) is 0 Å². The minimum Gasteiger partial charge on any atom is -0.354 e. The Bertz CT molecular complexity index is 174. The number of hydrogen-bond acceptors (Lipinski definition) is 2. The van der Waals surface area contributed by atoms with Crippen LogP contribution in [0.3, 0.4) is 0 Å². The Morgan fingerprint density at radius 3 is 2.46 bits per heavy atom. The molecule has 0 radical (unpaired) electrons. The second-order valence-corrected chi connectivity index (χ2v) is 3.20. The van der Waals surface area contributed by atoms with Gasteiger partial charge in [-0.1, -0.05) is 19.9 Å². The lowest BCUT2D eigenvalue weighted by Crippen LogP contribution is -2.53. The summed E-state index contributed by atoms with van der Waals surface area (Å²) in [5.41, 5.74) is 5.19. The van der Waals surface area contributed by atoms with E-state index in [9.17, 15) is 4.79 Å². The van der Waals surface area contributed by atoms with Crippen LogP contribution in [0, 0.1) is 0 Å². The molecule has 0 saturated carbocycles. The van der Waals surface area contributed by atoms with E-state index in [-0.39, 0.29) is 5.91 Å². The third-order valence-corrected chi connectivity index (χ3v) is 2.35. The van der Waals surface area contributed by atoms with Gasteiger partial charge in [0, 0.05) is 6.54 Å². The van der Waals surface area contributed by atoms with Gasteiger partial charge in [-0.2, -0.15) is 0 Å². The zero-order valence-electron chi connectivity index (χ0n) is 8.60. The monoisotopic (exact) mass is 184 g/mol. The molecule has 0 rings (SSSR count). The molecule has 3 nitrogen and oxygen atoms in total. The normalized spacial score (nSPS) is 11.0. The van der Waals surface area contributed by atoms with Crippen LogP contribution < -0.4 is 11.1 Å². The van der Waals surface area contributed by atoms with E-state index in [0.29, 0.717) is 19.4 Å². The smallest absolute Gasteiger partial charge is 0.240 e. The van der Waals surface area contributed by atoms with Crippen LogP contribution in [0.2, 0.25) is 0 Å². The van der Waals surface area contributed by atoms with E-state index >= 15 is 0 Å². The summed E-state index contributed by atoms with van der Waals surface area (Å²) in [4.78, 5) is 11.5. The first-order chi connectivity index (χ1) is 6.10. The number of hydrogen-bond donors (Lipinski definition) is 2. The molecule has 0 bridgehead atoms. The molecule has 13 heavy (non-hydrogen) atoms. The zero-order chi connectivity index (χ0) is 10.3. The lowest BCUT2D eigenvalue weighted by molar-refractivity contribution is -0.126. The summed E-state index contributed by atoms with van der Waals surface area (Å²) in [5, 5.41) is 2.79. The maximum atomic E-state index is 11.5. The van der Waals surface area contributed by atoms with Gasteiger partial charge < -0.3 is 11.1 Å². The average molecular weight is 184 g/mol. The van der Waals surface area contributed by atoms with Crippen molar-refractivity contribution in [3.63, 3.8) is 0 Å². The van der Waals surface area contributed by atoms with E-state index in [1.54, 1.807) is 6.08 Å². The predicted octanol–water partition coefficient (Wildman–Crippen LogP) is 1.20. The van der Waals surface area contributed by atoms with Crippen LogP contribution in [0.25, 0.3) is 0 Å². The zero-order valence-corrected chi connectivity index (χ0v) is 8.60. The highest BCUT2D eigenvalue weighted by molar-refractivity contribution is 5.85. The Balaban J connectivity index is 3.99. The van der Waals surface area contributed by atoms with E-state index in [2.05, 4.69) is 11.9 Å². The van der Waals surface area contributed by atoms with Crippen molar-refractivity contribution >= 4 is 5.91 Å². The summed E-state index contributed by atoms with van der Waals surface area (Å²) in [6, 6.07) is 0. The van der Waals surface area contributed by atoms with Gasteiger partial charge in [-0.3, -0.25) is 4.79 Å². The molecule has 0 aliphatic heterocycles. The lowest BCUT2D eigenvalue weighted by atomic mass is 9.93. The van der Waals surface area contributed by atoms with Gasteiger partial charge in [-0.25, -0.2) is 0 Å². The molecule has 0 atom stereocenters. The number of carbonyl (C=O) groups excluding carboxylic acids is 1. The predicted molar refractivity (Wildman–Crippen MR) is 55.3 cm³/mol. The molecule has 0 aliphatic rings. The molecule has 0 fully saturated rings. The largest absolute Gasteiger partial charge is 0.354 e. The van der Waals surface area contributed by atoms with Crippen LogP contribution in [0.1, 0.15) is 33.1 Å². The van der Waals surface area contributed by atoms with Gasteiger partial charge in [0.2, 0.25) is 5.91 Å². The molecular weight excluding hydrogens is 164 g/mol. The number of amides is 1. The SMILES string of the molecule is C=CCCNC(=O)C(N)(CC)CC. The van der Waals surface area contributed by atoms with Gasteiger partial charge in [-0.05, 0) is 19.3 Å². The molecule has 3 N–H and O–H groups in total. The van der Waals surface area contributed by atoms with Crippen molar-refractivity contribution in [2.24, 2.45) is 5.73 Å². The van der Waals surface area contributed by atoms with Gasteiger partial charge in [0.1, 0.15) is 0 Å². The molecule has 1 amide bonds. The second kappa shape index (κ2) is 5.75. The maximum absolute atomic E-state index is 11.5. The molecule has 0 unspecified atom stereocenters. The first-order valence-corrected chi connectivity index (χ1v) is 4.78. The van der Waals surface area contributed by atoms with Crippen molar-refractivity contribution in [1.82, 2.24) is 5.32 Å². The Kier molecular flexibility index (Phi) is 5.39. The first-order valence-electron chi connectivity index (χ1n) is 4.78. The fraction of sp³-hybridized carbons (Fsp3) is 0.700. The van der Waals surface area contributed by atoms with Crippen molar-refractivity contribution in [3.05, 3.63) is 12.7 Å². The Morgan fingerprint density at radius 2 is 2.08 bits per heavy atom. The van der Waals surface area contributed by atoms with E-state index in [1.807, 2.05) is 13.8 Å². The summed E-state index contributed by atoms with van der Waals surface area (Å²) >= 11 is 0. The third-order valence-electron chi connectivity index (χ3n) is 2.35. The summed E-state index contributed by atoms with van der Waals surface area (Å²) in [6.45, 7) is 8.06. The van der Waals surface area contributed by atoms with Gasteiger partial charge in [-0.15, -0.1) is 6.58 Å².